The first-order chi connectivity index (χ1) is 8.70. The van der Waals surface area contributed by atoms with Crippen molar-refractivity contribution in [3.63, 3.8) is 0 Å². The van der Waals surface area contributed by atoms with Crippen molar-refractivity contribution in [3.8, 4) is 0 Å². The van der Waals surface area contributed by atoms with E-state index in [1.54, 1.807) is 0 Å². The Kier molecular flexibility index (Phi) is 12.5. The van der Waals surface area contributed by atoms with E-state index in [1.807, 2.05) is 6.92 Å². The van der Waals surface area contributed by atoms with Crippen LogP contribution in [0, 0.1) is 0 Å². The topological polar surface area (TPSA) is 26.3 Å². The third kappa shape index (κ3) is 11.9. The third-order valence-electron chi connectivity index (χ3n) is 3.28. The predicted octanol–water partition coefficient (Wildman–Crippen LogP) is 5.25. The molecule has 1 atom stereocenters. The van der Waals surface area contributed by atoms with Gasteiger partial charge in [-0.05, 0) is 19.8 Å². The van der Waals surface area contributed by atoms with Gasteiger partial charge in [0.25, 0.3) is 0 Å². The Morgan fingerprint density at radius 1 is 0.889 bits per heavy atom. The summed E-state index contributed by atoms with van der Waals surface area (Å²) in [4.78, 5) is 11.5. The zero-order valence-electron chi connectivity index (χ0n) is 12.7. The summed E-state index contributed by atoms with van der Waals surface area (Å²) in [6.07, 6.45) is 12.7. The molecule has 2 nitrogen and oxygen atoms in total. The van der Waals surface area contributed by atoms with Gasteiger partial charge >= 0.3 is 5.97 Å². The normalized spacial score (nSPS) is 12.4. The average Bonchev–Trinajstić information content (AvgIpc) is 2.35. The molecule has 0 saturated carbocycles. The van der Waals surface area contributed by atoms with E-state index in [0.717, 1.165) is 19.3 Å². The van der Waals surface area contributed by atoms with Crippen LogP contribution in [0.1, 0.15) is 91.4 Å². The van der Waals surface area contributed by atoms with Crippen molar-refractivity contribution in [2.45, 2.75) is 97.5 Å². The summed E-state index contributed by atoms with van der Waals surface area (Å²) in [5.41, 5.74) is 0. The number of carbonyl (C=O) groups excluding carboxylic acids is 1. The van der Waals surface area contributed by atoms with Crippen LogP contribution in [0.25, 0.3) is 0 Å². The maximum atomic E-state index is 11.5. The van der Waals surface area contributed by atoms with Gasteiger partial charge in [0.2, 0.25) is 0 Å². The highest BCUT2D eigenvalue weighted by atomic mass is 16.5. The van der Waals surface area contributed by atoms with Crippen LogP contribution in [0.3, 0.4) is 0 Å². The molecular weight excluding hydrogens is 224 g/mol. The lowest BCUT2D eigenvalue weighted by atomic mass is 10.1. The molecule has 0 amide bonds. The van der Waals surface area contributed by atoms with Gasteiger partial charge in [0.1, 0.15) is 0 Å². The van der Waals surface area contributed by atoms with Gasteiger partial charge in [-0.1, -0.05) is 65.2 Å². The second-order valence-corrected chi connectivity index (χ2v) is 5.31. The number of ether oxygens (including phenoxy) is 1. The van der Waals surface area contributed by atoms with Crippen LogP contribution in [0.2, 0.25) is 0 Å². The summed E-state index contributed by atoms with van der Waals surface area (Å²) in [6.45, 7) is 6.39. The Labute approximate surface area is 113 Å². The fourth-order valence-corrected chi connectivity index (χ4v) is 2.06. The minimum absolute atomic E-state index is 0.00726. The number of rotatable bonds is 12. The maximum Gasteiger partial charge on any atom is 0.306 e. The molecule has 0 heterocycles. The summed E-state index contributed by atoms with van der Waals surface area (Å²) >= 11 is 0. The van der Waals surface area contributed by atoms with Crippen molar-refractivity contribution in [1.82, 2.24) is 0 Å². The molecular formula is C16H32O2. The van der Waals surface area contributed by atoms with Gasteiger partial charge < -0.3 is 4.74 Å². The minimum Gasteiger partial charge on any atom is -0.463 e. The number of hydrogen-bond donors (Lipinski definition) is 0. The highest BCUT2D eigenvalue weighted by Crippen LogP contribution is 2.10. The molecule has 108 valence electrons. The van der Waals surface area contributed by atoms with E-state index in [9.17, 15) is 4.79 Å². The first-order valence-electron chi connectivity index (χ1n) is 7.90. The smallest absolute Gasteiger partial charge is 0.306 e. The van der Waals surface area contributed by atoms with E-state index in [-0.39, 0.29) is 12.1 Å². The monoisotopic (exact) mass is 256 g/mol. The summed E-state index contributed by atoms with van der Waals surface area (Å²) in [5, 5.41) is 0. The van der Waals surface area contributed by atoms with Crippen LogP contribution in [0.5, 0.6) is 0 Å². The van der Waals surface area contributed by atoms with Crippen LogP contribution in [0.4, 0.5) is 0 Å². The van der Waals surface area contributed by atoms with Crippen molar-refractivity contribution in [2.75, 3.05) is 0 Å². The molecule has 0 aliphatic heterocycles. The Bertz CT molecular complexity index is 190. The van der Waals surface area contributed by atoms with Crippen molar-refractivity contribution in [1.29, 1.82) is 0 Å². The Morgan fingerprint density at radius 2 is 1.44 bits per heavy atom. The Hall–Kier alpha value is -0.530. The first kappa shape index (κ1) is 17.5. The quantitative estimate of drug-likeness (QED) is 0.352. The van der Waals surface area contributed by atoms with E-state index in [4.69, 9.17) is 4.74 Å². The molecule has 0 saturated heterocycles. The van der Waals surface area contributed by atoms with Crippen LogP contribution >= 0.6 is 0 Å². The van der Waals surface area contributed by atoms with Gasteiger partial charge in [0, 0.05) is 6.42 Å². The van der Waals surface area contributed by atoms with E-state index in [1.165, 1.54) is 44.9 Å². The Morgan fingerprint density at radius 3 is 2.06 bits per heavy atom. The van der Waals surface area contributed by atoms with Crippen molar-refractivity contribution in [3.05, 3.63) is 0 Å². The van der Waals surface area contributed by atoms with Crippen LogP contribution in [-0.4, -0.2) is 12.1 Å². The summed E-state index contributed by atoms with van der Waals surface area (Å²) < 4.78 is 5.36. The second-order valence-electron chi connectivity index (χ2n) is 5.31. The van der Waals surface area contributed by atoms with Gasteiger partial charge in [0.15, 0.2) is 0 Å². The van der Waals surface area contributed by atoms with Crippen LogP contribution in [0.15, 0.2) is 0 Å². The number of hydrogen-bond acceptors (Lipinski definition) is 2. The molecule has 0 unspecified atom stereocenters. The molecule has 0 spiro atoms. The van der Waals surface area contributed by atoms with Crippen molar-refractivity contribution >= 4 is 5.97 Å². The fourth-order valence-electron chi connectivity index (χ4n) is 2.06. The molecule has 0 fully saturated rings. The van der Waals surface area contributed by atoms with Gasteiger partial charge in [-0.2, -0.15) is 0 Å². The predicted molar refractivity (Wildman–Crippen MR) is 77.7 cm³/mol. The molecule has 0 N–H and O–H groups in total. The van der Waals surface area contributed by atoms with Gasteiger partial charge in [-0.25, -0.2) is 0 Å². The molecule has 0 aromatic heterocycles. The molecule has 0 rings (SSSR count). The van der Waals surface area contributed by atoms with Crippen molar-refractivity contribution < 1.29 is 9.53 Å². The SMILES string of the molecule is CCCCCCCCCC(=O)O[C@H](C)CCCC. The zero-order chi connectivity index (χ0) is 13.6. The van der Waals surface area contributed by atoms with Gasteiger partial charge in [-0.3, -0.25) is 4.79 Å². The summed E-state index contributed by atoms with van der Waals surface area (Å²) in [6, 6.07) is 0. The lowest BCUT2D eigenvalue weighted by Crippen LogP contribution is -2.14. The summed E-state index contributed by atoms with van der Waals surface area (Å²) in [7, 11) is 0. The van der Waals surface area contributed by atoms with Gasteiger partial charge in [-0.15, -0.1) is 0 Å². The highest BCUT2D eigenvalue weighted by Gasteiger charge is 2.08. The van der Waals surface area contributed by atoms with E-state index in [2.05, 4.69) is 13.8 Å². The zero-order valence-corrected chi connectivity index (χ0v) is 12.7. The second kappa shape index (κ2) is 12.9. The molecule has 0 aliphatic carbocycles. The largest absolute Gasteiger partial charge is 0.463 e. The summed E-state index contributed by atoms with van der Waals surface area (Å²) in [5.74, 6) is -0.00726. The molecule has 0 bridgehead atoms. The molecule has 18 heavy (non-hydrogen) atoms. The number of unbranched alkanes of at least 4 members (excludes halogenated alkanes) is 7. The van der Waals surface area contributed by atoms with Crippen LogP contribution in [-0.2, 0) is 9.53 Å². The molecule has 0 aromatic carbocycles. The minimum atomic E-state index is -0.00726. The molecule has 0 aliphatic rings. The van der Waals surface area contributed by atoms with Crippen LogP contribution < -0.4 is 0 Å². The molecule has 0 aromatic rings. The lowest BCUT2D eigenvalue weighted by Gasteiger charge is -2.12. The number of carbonyl (C=O) groups is 1. The standard InChI is InChI=1S/C16H32O2/c1-4-6-8-9-10-11-12-14-16(17)18-15(3)13-7-5-2/h15H,4-14H2,1-3H3/t15-/m1/s1. The third-order valence-corrected chi connectivity index (χ3v) is 3.28. The number of esters is 1. The van der Waals surface area contributed by atoms with E-state index in [0.29, 0.717) is 6.42 Å². The van der Waals surface area contributed by atoms with Crippen molar-refractivity contribution in [2.24, 2.45) is 0 Å². The van der Waals surface area contributed by atoms with E-state index >= 15 is 0 Å². The molecule has 0 radical (unpaired) electrons. The highest BCUT2D eigenvalue weighted by molar-refractivity contribution is 5.69. The average molecular weight is 256 g/mol. The maximum absolute atomic E-state index is 11.5. The molecule has 2 heteroatoms. The Balaban J connectivity index is 3.31. The fraction of sp³-hybridized carbons (Fsp3) is 0.938. The lowest BCUT2D eigenvalue weighted by molar-refractivity contribution is -0.148. The van der Waals surface area contributed by atoms with Gasteiger partial charge in [0.05, 0.1) is 6.10 Å². The van der Waals surface area contributed by atoms with E-state index < -0.39 is 0 Å². The first-order valence-corrected chi connectivity index (χ1v) is 7.90.